The van der Waals surface area contributed by atoms with E-state index in [0.717, 1.165) is 0 Å². The smallest absolute Gasteiger partial charge is 0.244 e. The molecule has 176 valence electrons. The Labute approximate surface area is 196 Å². The second-order valence-electron chi connectivity index (χ2n) is 7.64. The molecule has 3 aromatic carbocycles. The standard InChI is InChI=1S/C25H23FN2O5S/c1-32-19-10-11-21(23(13-19)33-2)27-25(29)15-28-14-24(20-8-3-4-9-22(20)28)34(30,31)16-17-6-5-7-18(26)12-17/h3-14H,15-16H2,1-2H3,(H,27,29). The fourth-order valence-corrected chi connectivity index (χ4v) is 5.33. The van der Waals surface area contributed by atoms with Gasteiger partial charge in [0.05, 0.1) is 30.6 Å². The van der Waals surface area contributed by atoms with Gasteiger partial charge in [0.1, 0.15) is 23.9 Å². The van der Waals surface area contributed by atoms with Crippen LogP contribution in [0.3, 0.4) is 0 Å². The van der Waals surface area contributed by atoms with Crippen LogP contribution in [0.15, 0.2) is 77.8 Å². The Morgan fingerprint density at radius 2 is 1.79 bits per heavy atom. The van der Waals surface area contributed by atoms with Crippen LogP contribution in [0.5, 0.6) is 11.5 Å². The molecule has 0 atom stereocenters. The minimum atomic E-state index is -3.80. The summed E-state index contributed by atoms with van der Waals surface area (Å²) >= 11 is 0. The summed E-state index contributed by atoms with van der Waals surface area (Å²) in [5.74, 6) is -0.199. The van der Waals surface area contributed by atoms with Crippen LogP contribution >= 0.6 is 0 Å². The Morgan fingerprint density at radius 3 is 2.53 bits per heavy atom. The van der Waals surface area contributed by atoms with E-state index in [1.807, 2.05) is 0 Å². The Bertz CT molecular complexity index is 1460. The van der Waals surface area contributed by atoms with Crippen LogP contribution in [-0.4, -0.2) is 33.1 Å². The van der Waals surface area contributed by atoms with Crippen LogP contribution in [0.1, 0.15) is 5.56 Å². The minimum absolute atomic E-state index is 0.0854. The molecule has 34 heavy (non-hydrogen) atoms. The van der Waals surface area contributed by atoms with E-state index in [4.69, 9.17) is 9.47 Å². The molecule has 0 aliphatic rings. The van der Waals surface area contributed by atoms with Crippen LogP contribution in [0, 0.1) is 5.82 Å². The quantitative estimate of drug-likeness (QED) is 0.402. The van der Waals surface area contributed by atoms with E-state index in [1.165, 1.54) is 38.6 Å². The first-order valence-electron chi connectivity index (χ1n) is 10.4. The zero-order valence-electron chi connectivity index (χ0n) is 18.6. The maximum atomic E-state index is 13.6. The number of hydrogen-bond donors (Lipinski definition) is 1. The summed E-state index contributed by atoms with van der Waals surface area (Å²) in [5, 5.41) is 3.28. The number of para-hydroxylation sites is 1. The summed E-state index contributed by atoms with van der Waals surface area (Å²) in [7, 11) is -0.784. The second-order valence-corrected chi connectivity index (χ2v) is 9.60. The lowest BCUT2D eigenvalue weighted by Crippen LogP contribution is -2.18. The lowest BCUT2D eigenvalue weighted by Gasteiger charge is -2.12. The van der Waals surface area contributed by atoms with Crippen LogP contribution in [0.4, 0.5) is 10.1 Å². The van der Waals surface area contributed by atoms with Crippen molar-refractivity contribution in [1.29, 1.82) is 0 Å². The van der Waals surface area contributed by atoms with Gasteiger partial charge in [0.2, 0.25) is 5.91 Å². The predicted molar refractivity (Wildman–Crippen MR) is 127 cm³/mol. The SMILES string of the molecule is COc1ccc(NC(=O)Cn2cc(S(=O)(=O)Cc3cccc(F)c3)c3ccccc32)c(OC)c1. The van der Waals surface area contributed by atoms with Crippen molar-refractivity contribution in [2.75, 3.05) is 19.5 Å². The van der Waals surface area contributed by atoms with Crippen LogP contribution in [0.25, 0.3) is 10.9 Å². The zero-order valence-corrected chi connectivity index (χ0v) is 19.4. The van der Waals surface area contributed by atoms with Crippen molar-refractivity contribution >= 4 is 32.3 Å². The summed E-state index contributed by atoms with van der Waals surface area (Å²) in [6.07, 6.45) is 1.45. The van der Waals surface area contributed by atoms with Crippen LogP contribution in [0.2, 0.25) is 0 Å². The van der Waals surface area contributed by atoms with Gasteiger partial charge in [0.15, 0.2) is 9.84 Å². The van der Waals surface area contributed by atoms with Gasteiger partial charge < -0.3 is 19.4 Å². The molecule has 0 radical (unpaired) electrons. The van der Waals surface area contributed by atoms with Crippen molar-refractivity contribution in [3.63, 3.8) is 0 Å². The normalized spacial score (nSPS) is 11.4. The third-order valence-electron chi connectivity index (χ3n) is 5.33. The number of rotatable bonds is 8. The second kappa shape index (κ2) is 9.56. The summed E-state index contributed by atoms with van der Waals surface area (Å²) in [6, 6.07) is 17.5. The highest BCUT2D eigenvalue weighted by Crippen LogP contribution is 2.30. The van der Waals surface area contributed by atoms with Gasteiger partial charge >= 0.3 is 0 Å². The van der Waals surface area contributed by atoms with E-state index >= 15 is 0 Å². The first-order valence-corrected chi connectivity index (χ1v) is 12.0. The molecule has 0 aliphatic carbocycles. The maximum absolute atomic E-state index is 13.6. The highest BCUT2D eigenvalue weighted by molar-refractivity contribution is 7.90. The molecular formula is C25H23FN2O5S. The first kappa shape index (κ1) is 23.3. The van der Waals surface area contributed by atoms with Crippen molar-refractivity contribution in [3.05, 3.63) is 84.3 Å². The fourth-order valence-electron chi connectivity index (χ4n) is 3.76. The highest BCUT2D eigenvalue weighted by Gasteiger charge is 2.23. The number of fused-ring (bicyclic) bond motifs is 1. The predicted octanol–water partition coefficient (Wildman–Crippen LogP) is 4.41. The number of carbonyl (C=O) groups excluding carboxylic acids is 1. The summed E-state index contributed by atoms with van der Waals surface area (Å²) < 4.78 is 52.0. The molecule has 1 heterocycles. The van der Waals surface area contributed by atoms with Crippen LogP contribution < -0.4 is 14.8 Å². The minimum Gasteiger partial charge on any atom is -0.497 e. The Morgan fingerprint density at radius 1 is 1.00 bits per heavy atom. The molecule has 0 aliphatic heterocycles. The van der Waals surface area contributed by atoms with Crippen molar-refractivity contribution in [3.8, 4) is 11.5 Å². The number of nitrogens with one attached hydrogen (secondary N) is 1. The van der Waals surface area contributed by atoms with Gasteiger partial charge in [0, 0.05) is 23.2 Å². The average molecular weight is 483 g/mol. The van der Waals surface area contributed by atoms with Gasteiger partial charge in [0.25, 0.3) is 0 Å². The maximum Gasteiger partial charge on any atom is 0.244 e. The number of sulfone groups is 1. The molecule has 7 nitrogen and oxygen atoms in total. The number of methoxy groups -OCH3 is 2. The first-order chi connectivity index (χ1) is 16.3. The van der Waals surface area contributed by atoms with Crippen molar-refractivity contribution in [2.45, 2.75) is 17.2 Å². The fraction of sp³-hybridized carbons (Fsp3) is 0.160. The number of amides is 1. The molecule has 1 amide bonds. The molecule has 0 saturated carbocycles. The lowest BCUT2D eigenvalue weighted by molar-refractivity contribution is -0.116. The summed E-state index contributed by atoms with van der Waals surface area (Å²) in [6.45, 7) is -0.120. The summed E-state index contributed by atoms with van der Waals surface area (Å²) in [4.78, 5) is 12.9. The zero-order chi connectivity index (χ0) is 24.3. The molecule has 4 aromatic rings. The number of carbonyl (C=O) groups is 1. The molecule has 1 aromatic heterocycles. The monoisotopic (exact) mass is 482 g/mol. The van der Waals surface area contributed by atoms with Gasteiger partial charge in [-0.1, -0.05) is 30.3 Å². The molecule has 0 spiro atoms. The van der Waals surface area contributed by atoms with Crippen molar-refractivity contribution in [2.24, 2.45) is 0 Å². The average Bonchev–Trinajstić information content (AvgIpc) is 3.18. The number of anilines is 1. The van der Waals surface area contributed by atoms with Gasteiger partial charge in [-0.3, -0.25) is 4.79 Å². The number of benzene rings is 3. The van der Waals surface area contributed by atoms with E-state index in [2.05, 4.69) is 5.32 Å². The molecule has 0 fully saturated rings. The molecule has 9 heteroatoms. The third kappa shape index (κ3) is 4.89. The van der Waals surface area contributed by atoms with Crippen molar-refractivity contribution < 1.29 is 27.1 Å². The van der Waals surface area contributed by atoms with Crippen molar-refractivity contribution in [1.82, 2.24) is 4.57 Å². The van der Waals surface area contributed by atoms with E-state index in [1.54, 1.807) is 53.1 Å². The molecule has 0 saturated heterocycles. The topological polar surface area (TPSA) is 86.6 Å². The largest absolute Gasteiger partial charge is 0.497 e. The highest BCUT2D eigenvalue weighted by atomic mass is 32.2. The number of hydrogen-bond acceptors (Lipinski definition) is 5. The van der Waals surface area contributed by atoms with E-state index in [9.17, 15) is 17.6 Å². The molecular weight excluding hydrogens is 459 g/mol. The Kier molecular flexibility index (Phi) is 6.56. The summed E-state index contributed by atoms with van der Waals surface area (Å²) in [5.41, 5.74) is 1.40. The molecule has 0 unspecified atom stereocenters. The van der Waals surface area contributed by atoms with Crippen LogP contribution in [-0.2, 0) is 26.9 Å². The number of nitrogens with zero attached hydrogens (tertiary/aromatic N) is 1. The van der Waals surface area contributed by atoms with Gasteiger partial charge in [-0.15, -0.1) is 0 Å². The Hall–Kier alpha value is -3.85. The van der Waals surface area contributed by atoms with Gasteiger partial charge in [-0.05, 0) is 35.9 Å². The Balaban J connectivity index is 1.63. The molecule has 4 rings (SSSR count). The molecule has 0 bridgehead atoms. The number of ether oxygens (including phenoxy) is 2. The van der Waals surface area contributed by atoms with E-state index < -0.39 is 15.7 Å². The molecule has 1 N–H and O–H groups in total. The number of aromatic nitrogens is 1. The number of halogens is 1. The van der Waals surface area contributed by atoms with Gasteiger partial charge in [-0.25, -0.2) is 12.8 Å². The van der Waals surface area contributed by atoms with E-state index in [-0.39, 0.29) is 23.1 Å². The van der Waals surface area contributed by atoms with E-state index in [0.29, 0.717) is 33.7 Å². The third-order valence-corrected chi connectivity index (χ3v) is 7.04. The lowest BCUT2D eigenvalue weighted by atomic mass is 10.2. The van der Waals surface area contributed by atoms with Gasteiger partial charge in [-0.2, -0.15) is 0 Å².